The number of benzene rings is 1. The van der Waals surface area contributed by atoms with Gasteiger partial charge in [0.05, 0.1) is 26.2 Å². The van der Waals surface area contributed by atoms with E-state index in [-0.39, 0.29) is 30.8 Å². The van der Waals surface area contributed by atoms with Gasteiger partial charge in [-0.3, -0.25) is 9.59 Å². The molecule has 0 aromatic heterocycles. The number of rotatable bonds is 5. The number of nitrogens with zero attached hydrogens (tertiary/aromatic N) is 1. The van der Waals surface area contributed by atoms with Crippen molar-refractivity contribution in [3.8, 4) is 0 Å². The first-order chi connectivity index (χ1) is 10.6. The summed E-state index contributed by atoms with van der Waals surface area (Å²) in [7, 11) is 3.37. The third kappa shape index (κ3) is 4.82. The van der Waals surface area contributed by atoms with E-state index in [1.165, 1.54) is 7.11 Å². The van der Waals surface area contributed by atoms with Crippen LogP contribution in [0.15, 0.2) is 24.3 Å². The number of methoxy groups -OCH3 is 1. The van der Waals surface area contributed by atoms with Crippen LogP contribution in [-0.4, -0.2) is 50.6 Å². The van der Waals surface area contributed by atoms with Gasteiger partial charge in [0, 0.05) is 25.2 Å². The van der Waals surface area contributed by atoms with E-state index in [1.807, 2.05) is 24.3 Å². The molecule has 1 fully saturated rings. The Balaban J connectivity index is 1.93. The van der Waals surface area contributed by atoms with Crippen LogP contribution in [0.2, 0.25) is 0 Å². The predicted molar refractivity (Wildman–Crippen MR) is 82.5 cm³/mol. The van der Waals surface area contributed by atoms with Crippen molar-refractivity contribution in [1.82, 2.24) is 4.90 Å². The second-order valence-electron chi connectivity index (χ2n) is 5.37. The van der Waals surface area contributed by atoms with E-state index in [9.17, 15) is 9.59 Å². The van der Waals surface area contributed by atoms with E-state index in [1.54, 1.807) is 0 Å². The fraction of sp³-hybridized carbons (Fsp3) is 0.500. The second kappa shape index (κ2) is 7.91. The molecule has 120 valence electrons. The number of hydrogen-bond donors (Lipinski definition) is 1. The first-order valence-electron chi connectivity index (χ1n) is 7.35. The molecule has 1 amide bonds. The van der Waals surface area contributed by atoms with Crippen LogP contribution in [0, 0.1) is 0 Å². The fourth-order valence-corrected chi connectivity index (χ4v) is 2.34. The summed E-state index contributed by atoms with van der Waals surface area (Å²) in [6, 6.07) is 7.63. The molecule has 1 aromatic carbocycles. The Morgan fingerprint density at radius 1 is 1.41 bits per heavy atom. The van der Waals surface area contributed by atoms with Crippen LogP contribution in [0.4, 0.5) is 5.69 Å². The van der Waals surface area contributed by atoms with E-state index < -0.39 is 0 Å². The smallest absolute Gasteiger partial charge is 0.306 e. The molecule has 1 N–H and O–H groups in total. The first-order valence-corrected chi connectivity index (χ1v) is 7.35. The van der Waals surface area contributed by atoms with Gasteiger partial charge in [0.1, 0.15) is 0 Å². The van der Waals surface area contributed by atoms with Gasteiger partial charge in [0.25, 0.3) is 0 Å². The van der Waals surface area contributed by atoms with Gasteiger partial charge in [-0.15, -0.1) is 0 Å². The molecule has 1 atom stereocenters. The van der Waals surface area contributed by atoms with Gasteiger partial charge in [0.15, 0.2) is 0 Å². The number of carbonyl (C=O) groups excluding carboxylic acids is 2. The number of ether oxygens (including phenoxy) is 2. The number of carbonyl (C=O) groups is 2. The van der Waals surface area contributed by atoms with Crippen molar-refractivity contribution < 1.29 is 19.1 Å². The quantitative estimate of drug-likeness (QED) is 0.837. The van der Waals surface area contributed by atoms with Gasteiger partial charge in [-0.05, 0) is 24.7 Å². The minimum Gasteiger partial charge on any atom is -0.469 e. The lowest BCUT2D eigenvalue weighted by atomic mass is 10.1. The molecule has 1 aromatic rings. The lowest BCUT2D eigenvalue weighted by Gasteiger charge is -2.30. The molecule has 0 radical (unpaired) electrons. The van der Waals surface area contributed by atoms with E-state index in [0.29, 0.717) is 12.3 Å². The van der Waals surface area contributed by atoms with Crippen molar-refractivity contribution in [1.29, 1.82) is 0 Å². The van der Waals surface area contributed by atoms with Crippen LogP contribution in [0.25, 0.3) is 0 Å². The lowest BCUT2D eigenvalue weighted by Crippen LogP contribution is -2.35. The molecule has 1 unspecified atom stereocenters. The summed E-state index contributed by atoms with van der Waals surface area (Å²) < 4.78 is 10.3. The summed E-state index contributed by atoms with van der Waals surface area (Å²) in [4.78, 5) is 25.1. The maximum Gasteiger partial charge on any atom is 0.306 e. The molecule has 0 bridgehead atoms. The lowest BCUT2D eigenvalue weighted by molar-refractivity contribution is -0.141. The van der Waals surface area contributed by atoms with Gasteiger partial charge in [-0.25, -0.2) is 0 Å². The number of likely N-dealkylation sites (N-methyl/N-ethyl adjacent to an activating group) is 1. The average Bonchev–Trinajstić information content (AvgIpc) is 2.53. The highest BCUT2D eigenvalue weighted by Crippen LogP contribution is 2.24. The number of esters is 1. The zero-order valence-electron chi connectivity index (χ0n) is 13.0. The molecule has 1 aliphatic heterocycles. The molecule has 6 heteroatoms. The Kier molecular flexibility index (Phi) is 5.91. The maximum absolute atomic E-state index is 11.8. The maximum atomic E-state index is 11.8. The van der Waals surface area contributed by atoms with Gasteiger partial charge in [-0.2, -0.15) is 0 Å². The molecule has 0 saturated carbocycles. The standard InChI is InChI=1S/C16H22N2O4/c1-18-8-9-22-14(11-18)12-4-3-5-13(10-12)17-15(19)6-7-16(20)21-2/h3-5,10,14H,6-9,11H2,1-2H3,(H,17,19). The van der Waals surface area contributed by atoms with Crippen LogP contribution in [0.3, 0.4) is 0 Å². The molecule has 22 heavy (non-hydrogen) atoms. The zero-order valence-corrected chi connectivity index (χ0v) is 13.0. The summed E-state index contributed by atoms with van der Waals surface area (Å²) in [5, 5.41) is 2.80. The largest absolute Gasteiger partial charge is 0.469 e. The van der Waals surface area contributed by atoms with Crippen molar-refractivity contribution in [2.75, 3.05) is 39.2 Å². The van der Waals surface area contributed by atoms with Crippen molar-refractivity contribution in [3.63, 3.8) is 0 Å². The van der Waals surface area contributed by atoms with Crippen LogP contribution < -0.4 is 5.32 Å². The topological polar surface area (TPSA) is 67.9 Å². The molecular weight excluding hydrogens is 284 g/mol. The highest BCUT2D eigenvalue weighted by atomic mass is 16.5. The summed E-state index contributed by atoms with van der Waals surface area (Å²) in [6.45, 7) is 2.47. The molecule has 1 heterocycles. The summed E-state index contributed by atoms with van der Waals surface area (Å²) in [6.07, 6.45) is 0.212. The highest BCUT2D eigenvalue weighted by molar-refractivity contribution is 5.92. The molecular formula is C16H22N2O4. The first kappa shape index (κ1) is 16.5. The Hall–Kier alpha value is -1.92. The van der Waals surface area contributed by atoms with E-state index in [0.717, 1.165) is 18.7 Å². The Morgan fingerprint density at radius 3 is 2.95 bits per heavy atom. The van der Waals surface area contributed by atoms with Crippen LogP contribution in [-0.2, 0) is 19.1 Å². The van der Waals surface area contributed by atoms with Crippen molar-refractivity contribution in [2.24, 2.45) is 0 Å². The van der Waals surface area contributed by atoms with Gasteiger partial charge < -0.3 is 19.7 Å². The molecule has 1 saturated heterocycles. The summed E-state index contributed by atoms with van der Waals surface area (Å²) in [5.41, 5.74) is 1.75. The minimum absolute atomic E-state index is 0.0191. The molecule has 1 aliphatic rings. The Labute approximate surface area is 130 Å². The number of morpholine rings is 1. The number of amides is 1. The normalized spacial score (nSPS) is 18.7. The van der Waals surface area contributed by atoms with Crippen LogP contribution >= 0.6 is 0 Å². The zero-order chi connectivity index (χ0) is 15.9. The van der Waals surface area contributed by atoms with E-state index >= 15 is 0 Å². The molecule has 2 rings (SSSR count). The molecule has 6 nitrogen and oxygen atoms in total. The van der Waals surface area contributed by atoms with Crippen LogP contribution in [0.1, 0.15) is 24.5 Å². The van der Waals surface area contributed by atoms with Gasteiger partial charge in [-0.1, -0.05) is 12.1 Å². The van der Waals surface area contributed by atoms with Gasteiger partial charge >= 0.3 is 5.97 Å². The van der Waals surface area contributed by atoms with Gasteiger partial charge in [0.2, 0.25) is 5.91 Å². The fourth-order valence-electron chi connectivity index (χ4n) is 2.34. The SMILES string of the molecule is COC(=O)CCC(=O)Nc1cccc(C2CN(C)CCO2)c1. The number of nitrogens with one attached hydrogen (secondary N) is 1. The molecule has 0 aliphatic carbocycles. The third-order valence-electron chi connectivity index (χ3n) is 3.60. The van der Waals surface area contributed by atoms with E-state index in [4.69, 9.17) is 4.74 Å². The average molecular weight is 306 g/mol. The van der Waals surface area contributed by atoms with Crippen molar-refractivity contribution in [3.05, 3.63) is 29.8 Å². The number of anilines is 1. The third-order valence-corrected chi connectivity index (χ3v) is 3.60. The van der Waals surface area contributed by atoms with Crippen molar-refractivity contribution >= 4 is 17.6 Å². The minimum atomic E-state index is -0.387. The Bertz CT molecular complexity index is 533. The monoisotopic (exact) mass is 306 g/mol. The highest BCUT2D eigenvalue weighted by Gasteiger charge is 2.19. The summed E-state index contributed by atoms with van der Waals surface area (Å²) >= 11 is 0. The van der Waals surface area contributed by atoms with Crippen molar-refractivity contribution in [2.45, 2.75) is 18.9 Å². The Morgan fingerprint density at radius 2 is 2.23 bits per heavy atom. The molecule has 0 spiro atoms. The van der Waals surface area contributed by atoms with E-state index in [2.05, 4.69) is 22.0 Å². The summed E-state index contributed by atoms with van der Waals surface area (Å²) in [5.74, 6) is -0.591. The second-order valence-corrected chi connectivity index (χ2v) is 5.37. The van der Waals surface area contributed by atoms with Crippen LogP contribution in [0.5, 0.6) is 0 Å². The predicted octanol–water partition coefficient (Wildman–Crippen LogP) is 1.58. The number of hydrogen-bond acceptors (Lipinski definition) is 5.